The van der Waals surface area contributed by atoms with E-state index in [0.717, 1.165) is 23.2 Å². The van der Waals surface area contributed by atoms with Gasteiger partial charge in [0, 0.05) is 17.8 Å². The fourth-order valence-corrected chi connectivity index (χ4v) is 5.43. The molecule has 1 atom stereocenters. The summed E-state index contributed by atoms with van der Waals surface area (Å²) in [6, 6.07) is 19.0. The van der Waals surface area contributed by atoms with Crippen molar-refractivity contribution in [2.24, 2.45) is 0 Å². The zero-order valence-electron chi connectivity index (χ0n) is 21.8. The molecule has 0 aliphatic heterocycles. The molecule has 41 heavy (non-hydrogen) atoms. The van der Waals surface area contributed by atoms with E-state index < -0.39 is 26.6 Å². The Morgan fingerprint density at radius 2 is 1.76 bits per heavy atom. The van der Waals surface area contributed by atoms with Gasteiger partial charge in [-0.1, -0.05) is 36.4 Å². The summed E-state index contributed by atoms with van der Waals surface area (Å²) in [4.78, 5) is 16.4. The van der Waals surface area contributed by atoms with Gasteiger partial charge in [-0.2, -0.15) is 0 Å². The fraction of sp³-hybridized carbons (Fsp3) is 0.107. The minimum Gasteiger partial charge on any atom is -0.483 e. The number of hydrogen-bond acceptors (Lipinski definition) is 7. The lowest BCUT2D eigenvalue weighted by Gasteiger charge is -2.17. The second-order valence-electron chi connectivity index (χ2n) is 8.70. The molecular formula is C28H25F2N5O5S. The van der Waals surface area contributed by atoms with Crippen LogP contribution in [0.3, 0.4) is 0 Å². The van der Waals surface area contributed by atoms with Crippen LogP contribution in [0, 0.1) is 11.6 Å². The van der Waals surface area contributed by atoms with Gasteiger partial charge in [-0.15, -0.1) is 0 Å². The van der Waals surface area contributed by atoms with Crippen molar-refractivity contribution in [2.45, 2.75) is 17.9 Å². The van der Waals surface area contributed by atoms with Crippen LogP contribution in [0.5, 0.6) is 5.88 Å². The minimum atomic E-state index is -4.41. The highest BCUT2D eigenvalue weighted by molar-refractivity contribution is 7.92. The fourth-order valence-electron chi connectivity index (χ4n) is 4.32. The van der Waals surface area contributed by atoms with Gasteiger partial charge in [0.1, 0.15) is 22.2 Å². The number of nitrogen functional groups attached to an aromatic ring is 1. The molecule has 2 heterocycles. The SMILES string of the molecule is COc1ncc(-c2ccc3nc(N)n([C@H](C)c4ccccc4)c3c2)cc1NS(=O)(=O)c1ccc(F)cc1F.O=CO. The number of imidazole rings is 1. The van der Waals surface area contributed by atoms with Gasteiger partial charge in [-0.25, -0.2) is 27.2 Å². The molecule has 0 aliphatic rings. The largest absolute Gasteiger partial charge is 0.483 e. The van der Waals surface area contributed by atoms with E-state index in [9.17, 15) is 17.2 Å². The Bertz CT molecular complexity index is 1810. The van der Waals surface area contributed by atoms with Crippen LogP contribution in [0.25, 0.3) is 22.2 Å². The molecule has 5 aromatic rings. The van der Waals surface area contributed by atoms with Gasteiger partial charge in [0.25, 0.3) is 16.5 Å². The van der Waals surface area contributed by atoms with Gasteiger partial charge in [-0.3, -0.25) is 9.52 Å². The summed E-state index contributed by atoms with van der Waals surface area (Å²) in [6.07, 6.45) is 1.53. The normalized spacial score (nSPS) is 11.8. The summed E-state index contributed by atoms with van der Waals surface area (Å²) in [7, 11) is -3.08. The third-order valence-electron chi connectivity index (χ3n) is 6.19. The molecule has 0 fully saturated rings. The number of pyridine rings is 1. The van der Waals surface area contributed by atoms with Crippen LogP contribution >= 0.6 is 0 Å². The molecule has 10 nitrogen and oxygen atoms in total. The second kappa shape index (κ2) is 12.0. The molecule has 0 amide bonds. The van der Waals surface area contributed by atoms with Gasteiger partial charge in [-0.05, 0) is 48.4 Å². The lowest BCUT2D eigenvalue weighted by atomic mass is 10.1. The molecule has 4 N–H and O–H groups in total. The number of nitrogens with one attached hydrogen (secondary N) is 1. The number of nitrogens with zero attached hydrogens (tertiary/aromatic N) is 3. The third-order valence-corrected chi connectivity index (χ3v) is 7.59. The Morgan fingerprint density at radius 3 is 2.41 bits per heavy atom. The number of carboxylic acid groups (broad SMARTS) is 1. The van der Waals surface area contributed by atoms with Crippen molar-refractivity contribution in [3.63, 3.8) is 0 Å². The van der Waals surface area contributed by atoms with Gasteiger partial charge in [0.2, 0.25) is 11.8 Å². The van der Waals surface area contributed by atoms with Gasteiger partial charge in [0.15, 0.2) is 0 Å². The summed E-state index contributed by atoms with van der Waals surface area (Å²) in [6.45, 7) is 1.77. The first kappa shape index (κ1) is 29.0. The van der Waals surface area contributed by atoms with Crippen LogP contribution in [0.1, 0.15) is 18.5 Å². The zero-order chi connectivity index (χ0) is 29.7. The monoisotopic (exact) mass is 581 g/mol. The number of anilines is 2. The predicted molar refractivity (Wildman–Crippen MR) is 150 cm³/mol. The van der Waals surface area contributed by atoms with Crippen molar-refractivity contribution in [3.05, 3.63) is 96.2 Å². The Morgan fingerprint density at radius 1 is 1.05 bits per heavy atom. The van der Waals surface area contributed by atoms with E-state index in [2.05, 4.69) is 14.7 Å². The molecule has 0 radical (unpaired) electrons. The number of halogens is 2. The molecule has 0 spiro atoms. The van der Waals surface area contributed by atoms with Crippen LogP contribution < -0.4 is 15.2 Å². The minimum absolute atomic E-state index is 0.0144. The highest BCUT2D eigenvalue weighted by Crippen LogP contribution is 2.34. The number of methoxy groups -OCH3 is 1. The molecule has 5 rings (SSSR count). The topological polar surface area (TPSA) is 149 Å². The number of aromatic nitrogens is 3. The Hall–Kier alpha value is -5.04. The summed E-state index contributed by atoms with van der Waals surface area (Å²) in [5, 5.41) is 6.89. The van der Waals surface area contributed by atoms with Gasteiger partial charge >= 0.3 is 0 Å². The maximum absolute atomic E-state index is 14.2. The van der Waals surface area contributed by atoms with E-state index in [0.29, 0.717) is 28.7 Å². The number of benzene rings is 3. The number of ether oxygens (including phenoxy) is 1. The van der Waals surface area contributed by atoms with Crippen LogP contribution in [0.2, 0.25) is 0 Å². The van der Waals surface area contributed by atoms with E-state index in [1.165, 1.54) is 19.4 Å². The molecule has 0 saturated heterocycles. The van der Waals surface area contributed by atoms with Crippen molar-refractivity contribution in [2.75, 3.05) is 17.6 Å². The summed E-state index contributed by atoms with van der Waals surface area (Å²) in [5.74, 6) is -1.77. The smallest absolute Gasteiger partial charge is 0.290 e. The Balaban J connectivity index is 0.00000124. The first-order valence-electron chi connectivity index (χ1n) is 12.0. The lowest BCUT2D eigenvalue weighted by Crippen LogP contribution is -2.15. The third kappa shape index (κ3) is 6.09. The van der Waals surface area contributed by atoms with Crippen LogP contribution in [-0.4, -0.2) is 41.6 Å². The van der Waals surface area contributed by atoms with E-state index in [-0.39, 0.29) is 24.1 Å². The second-order valence-corrected chi connectivity index (χ2v) is 10.3. The molecule has 212 valence electrons. The molecule has 3 aromatic carbocycles. The standard InChI is InChI=1S/C27H23F2N5O3S.CH2O2/c1-16(17-6-4-3-5-7-17)34-24-13-18(8-10-22(24)32-27(34)30)19-12-23(26(37-2)31-15-19)33-38(35,36)25-11-9-20(28)14-21(25)29;2-1-3/h3-16,33H,1-2H3,(H2,30,32);1H,(H,2,3)/t16-;/m1./s1. The summed E-state index contributed by atoms with van der Waals surface area (Å²) < 4.78 is 62.8. The molecule has 0 saturated carbocycles. The number of sulfonamides is 1. The first-order valence-corrected chi connectivity index (χ1v) is 13.5. The van der Waals surface area contributed by atoms with Crippen LogP contribution in [0.15, 0.2) is 83.9 Å². The maximum Gasteiger partial charge on any atom is 0.290 e. The number of hydrogen-bond donors (Lipinski definition) is 3. The van der Waals surface area contributed by atoms with Crippen molar-refractivity contribution in [1.82, 2.24) is 14.5 Å². The molecule has 0 bridgehead atoms. The number of rotatable bonds is 7. The molecule has 0 aliphatic carbocycles. The average molecular weight is 582 g/mol. The van der Waals surface area contributed by atoms with Crippen molar-refractivity contribution in [1.29, 1.82) is 0 Å². The Kier molecular flexibility index (Phi) is 8.48. The van der Waals surface area contributed by atoms with Gasteiger partial charge in [0.05, 0.1) is 24.2 Å². The number of carbonyl (C=O) groups is 1. The maximum atomic E-state index is 14.2. The van der Waals surface area contributed by atoms with Gasteiger partial charge < -0.3 is 20.1 Å². The zero-order valence-corrected chi connectivity index (χ0v) is 22.6. The van der Waals surface area contributed by atoms with E-state index in [1.54, 1.807) is 0 Å². The summed E-state index contributed by atoms with van der Waals surface area (Å²) in [5.41, 5.74) is 10.1. The first-order chi connectivity index (χ1) is 19.6. The number of fused-ring (bicyclic) bond motifs is 1. The Labute approximate surface area is 234 Å². The van der Waals surface area contributed by atoms with Crippen LogP contribution in [0.4, 0.5) is 20.4 Å². The molecule has 13 heteroatoms. The quantitative estimate of drug-likeness (QED) is 0.225. The summed E-state index contributed by atoms with van der Waals surface area (Å²) >= 11 is 0. The lowest BCUT2D eigenvalue weighted by molar-refractivity contribution is -0.122. The van der Waals surface area contributed by atoms with Crippen molar-refractivity contribution < 1.29 is 31.8 Å². The van der Waals surface area contributed by atoms with E-state index >= 15 is 0 Å². The number of nitrogens with two attached hydrogens (primary N) is 1. The molecule has 0 unspecified atom stereocenters. The van der Waals surface area contributed by atoms with E-state index in [4.69, 9.17) is 20.4 Å². The average Bonchev–Trinajstić information content (AvgIpc) is 3.28. The van der Waals surface area contributed by atoms with Crippen molar-refractivity contribution in [3.8, 4) is 17.0 Å². The van der Waals surface area contributed by atoms with Crippen molar-refractivity contribution >= 4 is 39.2 Å². The van der Waals surface area contributed by atoms with E-state index in [1.807, 2.05) is 60.0 Å². The highest BCUT2D eigenvalue weighted by atomic mass is 32.2. The molecular weight excluding hydrogens is 556 g/mol. The predicted octanol–water partition coefficient (Wildman–Crippen LogP) is 5.08. The highest BCUT2D eigenvalue weighted by Gasteiger charge is 2.23. The molecule has 2 aromatic heterocycles. The van der Waals surface area contributed by atoms with Crippen LogP contribution in [-0.2, 0) is 14.8 Å².